The number of rotatable bonds is 1. The van der Waals surface area contributed by atoms with Gasteiger partial charge in [0.05, 0.1) is 6.61 Å². The summed E-state index contributed by atoms with van der Waals surface area (Å²) in [5.74, 6) is 4.28. The first-order valence-corrected chi connectivity index (χ1v) is 3.82. The average Bonchev–Trinajstić information content (AvgIpc) is 2.12. The molecule has 0 fully saturated rings. The SMILES string of the molecule is OCCC#Cc1ccc(F)c(O)c1. The van der Waals surface area contributed by atoms with E-state index in [9.17, 15) is 4.39 Å². The highest BCUT2D eigenvalue weighted by Crippen LogP contribution is 2.15. The molecular weight excluding hydrogens is 171 g/mol. The summed E-state index contributed by atoms with van der Waals surface area (Å²) in [6, 6.07) is 3.87. The number of phenols is 1. The monoisotopic (exact) mass is 180 g/mol. The van der Waals surface area contributed by atoms with Gasteiger partial charge in [0.2, 0.25) is 0 Å². The van der Waals surface area contributed by atoms with Crippen molar-refractivity contribution in [2.75, 3.05) is 6.61 Å². The summed E-state index contributed by atoms with van der Waals surface area (Å²) in [4.78, 5) is 0. The number of aliphatic hydroxyl groups is 1. The van der Waals surface area contributed by atoms with E-state index in [2.05, 4.69) is 11.8 Å². The van der Waals surface area contributed by atoms with Crippen LogP contribution in [0.2, 0.25) is 0 Å². The Bertz CT molecular complexity index is 350. The van der Waals surface area contributed by atoms with Crippen LogP contribution in [0.1, 0.15) is 12.0 Å². The van der Waals surface area contributed by atoms with Crippen molar-refractivity contribution in [3.63, 3.8) is 0 Å². The van der Waals surface area contributed by atoms with Crippen molar-refractivity contribution in [2.45, 2.75) is 6.42 Å². The molecule has 0 atom stereocenters. The van der Waals surface area contributed by atoms with E-state index in [-0.39, 0.29) is 6.61 Å². The van der Waals surface area contributed by atoms with Gasteiger partial charge in [0.1, 0.15) is 0 Å². The highest BCUT2D eigenvalue weighted by molar-refractivity contribution is 5.39. The van der Waals surface area contributed by atoms with Gasteiger partial charge in [-0.2, -0.15) is 0 Å². The molecule has 2 nitrogen and oxygen atoms in total. The number of phenolic OH excluding ortho intramolecular Hbond substituents is 1. The Balaban J connectivity index is 2.81. The standard InChI is InChI=1S/C10H9FO2/c11-9-5-4-8(7-10(9)13)3-1-2-6-12/h4-5,7,12-13H,2,6H2. The maximum atomic E-state index is 12.5. The second kappa shape index (κ2) is 4.48. The highest BCUT2D eigenvalue weighted by Gasteiger charge is 1.98. The molecule has 0 aliphatic heterocycles. The minimum Gasteiger partial charge on any atom is -0.505 e. The van der Waals surface area contributed by atoms with Crippen molar-refractivity contribution >= 4 is 0 Å². The maximum Gasteiger partial charge on any atom is 0.164 e. The zero-order valence-electron chi connectivity index (χ0n) is 6.92. The Kier molecular flexibility index (Phi) is 3.30. The zero-order valence-corrected chi connectivity index (χ0v) is 6.92. The third-order valence-electron chi connectivity index (χ3n) is 1.42. The van der Waals surface area contributed by atoms with Crippen molar-refractivity contribution in [3.8, 4) is 17.6 Å². The summed E-state index contributed by atoms with van der Waals surface area (Å²) in [7, 11) is 0. The van der Waals surface area contributed by atoms with E-state index in [1.807, 2.05) is 0 Å². The van der Waals surface area contributed by atoms with E-state index in [1.165, 1.54) is 12.1 Å². The number of halogens is 1. The first-order valence-electron chi connectivity index (χ1n) is 3.82. The van der Waals surface area contributed by atoms with Crippen molar-refractivity contribution in [3.05, 3.63) is 29.6 Å². The molecule has 0 saturated carbocycles. The fourth-order valence-corrected chi connectivity index (χ4v) is 0.811. The molecule has 0 aromatic heterocycles. The first kappa shape index (κ1) is 9.56. The molecule has 0 aliphatic carbocycles. The smallest absolute Gasteiger partial charge is 0.164 e. The van der Waals surface area contributed by atoms with Crippen molar-refractivity contribution in [1.29, 1.82) is 0 Å². The fourth-order valence-electron chi connectivity index (χ4n) is 0.811. The minimum absolute atomic E-state index is 0.000175. The zero-order chi connectivity index (χ0) is 9.68. The van der Waals surface area contributed by atoms with Crippen LogP contribution >= 0.6 is 0 Å². The Morgan fingerprint density at radius 2 is 2.15 bits per heavy atom. The fraction of sp³-hybridized carbons (Fsp3) is 0.200. The Hall–Kier alpha value is -1.53. The number of aliphatic hydroxyl groups excluding tert-OH is 1. The Labute approximate surface area is 75.6 Å². The van der Waals surface area contributed by atoms with E-state index >= 15 is 0 Å². The van der Waals surface area contributed by atoms with Crippen molar-refractivity contribution in [1.82, 2.24) is 0 Å². The van der Waals surface area contributed by atoms with Crippen LogP contribution in [0.15, 0.2) is 18.2 Å². The van der Waals surface area contributed by atoms with Gasteiger partial charge in [-0.15, -0.1) is 0 Å². The largest absolute Gasteiger partial charge is 0.505 e. The van der Waals surface area contributed by atoms with Crippen LogP contribution in [-0.4, -0.2) is 16.8 Å². The normalized spacial score (nSPS) is 9.08. The van der Waals surface area contributed by atoms with E-state index in [0.29, 0.717) is 12.0 Å². The summed E-state index contributed by atoms with van der Waals surface area (Å²) in [6.07, 6.45) is 0.373. The molecule has 0 amide bonds. The van der Waals surface area contributed by atoms with Crippen LogP contribution < -0.4 is 0 Å². The molecule has 0 heterocycles. The lowest BCUT2D eigenvalue weighted by Gasteiger charge is -1.94. The topological polar surface area (TPSA) is 40.5 Å². The molecule has 3 heteroatoms. The number of hydrogen-bond acceptors (Lipinski definition) is 2. The molecule has 13 heavy (non-hydrogen) atoms. The lowest BCUT2D eigenvalue weighted by molar-refractivity contribution is 0.305. The quantitative estimate of drug-likeness (QED) is 0.639. The summed E-state index contributed by atoms with van der Waals surface area (Å²) in [5, 5.41) is 17.4. The van der Waals surface area contributed by atoms with Crippen LogP contribution in [0.4, 0.5) is 4.39 Å². The lowest BCUT2D eigenvalue weighted by Crippen LogP contribution is -1.80. The molecule has 0 saturated heterocycles. The Morgan fingerprint density at radius 3 is 2.77 bits per heavy atom. The number of hydrogen-bond donors (Lipinski definition) is 2. The number of aromatic hydroxyl groups is 1. The third kappa shape index (κ3) is 2.77. The van der Waals surface area contributed by atoms with Crippen LogP contribution in [0.5, 0.6) is 5.75 Å². The summed E-state index contributed by atoms with van der Waals surface area (Å²) >= 11 is 0. The van der Waals surface area contributed by atoms with Gasteiger partial charge in [-0.3, -0.25) is 0 Å². The summed E-state index contributed by atoms with van der Waals surface area (Å²) in [6.45, 7) is 0.000175. The number of benzene rings is 1. The first-order chi connectivity index (χ1) is 6.24. The molecule has 1 aromatic rings. The molecule has 0 aliphatic rings. The van der Waals surface area contributed by atoms with Gasteiger partial charge >= 0.3 is 0 Å². The van der Waals surface area contributed by atoms with Gasteiger partial charge in [-0.05, 0) is 18.2 Å². The van der Waals surface area contributed by atoms with Gasteiger partial charge in [0.25, 0.3) is 0 Å². The van der Waals surface area contributed by atoms with Gasteiger partial charge < -0.3 is 10.2 Å². The van der Waals surface area contributed by atoms with Crippen LogP contribution in [0, 0.1) is 17.7 Å². The summed E-state index contributed by atoms with van der Waals surface area (Å²) < 4.78 is 12.5. The molecule has 2 N–H and O–H groups in total. The van der Waals surface area contributed by atoms with Crippen molar-refractivity contribution in [2.24, 2.45) is 0 Å². The molecule has 1 aromatic carbocycles. The molecular formula is C10H9FO2. The molecule has 0 radical (unpaired) electrons. The molecule has 0 bridgehead atoms. The highest BCUT2D eigenvalue weighted by atomic mass is 19.1. The maximum absolute atomic E-state index is 12.5. The third-order valence-corrected chi connectivity index (χ3v) is 1.42. The van der Waals surface area contributed by atoms with Crippen LogP contribution in [-0.2, 0) is 0 Å². The molecule has 0 spiro atoms. The molecule has 1 rings (SSSR count). The summed E-state index contributed by atoms with van der Waals surface area (Å²) in [5.41, 5.74) is 0.535. The van der Waals surface area contributed by atoms with Gasteiger partial charge in [0, 0.05) is 12.0 Å². The van der Waals surface area contributed by atoms with Gasteiger partial charge in [-0.1, -0.05) is 11.8 Å². The van der Waals surface area contributed by atoms with Crippen molar-refractivity contribution < 1.29 is 14.6 Å². The van der Waals surface area contributed by atoms with Gasteiger partial charge in [0.15, 0.2) is 11.6 Å². The van der Waals surface area contributed by atoms with E-state index < -0.39 is 11.6 Å². The predicted octanol–water partition coefficient (Wildman–Crippen LogP) is 1.27. The Morgan fingerprint density at radius 1 is 1.38 bits per heavy atom. The average molecular weight is 180 g/mol. The van der Waals surface area contributed by atoms with E-state index in [1.54, 1.807) is 0 Å². The van der Waals surface area contributed by atoms with Gasteiger partial charge in [-0.25, -0.2) is 4.39 Å². The second-order valence-electron chi connectivity index (χ2n) is 2.44. The van der Waals surface area contributed by atoms with Crippen LogP contribution in [0.25, 0.3) is 0 Å². The second-order valence-corrected chi connectivity index (χ2v) is 2.44. The molecule has 68 valence electrons. The van der Waals surface area contributed by atoms with E-state index in [4.69, 9.17) is 10.2 Å². The van der Waals surface area contributed by atoms with Crippen LogP contribution in [0.3, 0.4) is 0 Å². The predicted molar refractivity (Wildman–Crippen MR) is 46.6 cm³/mol. The van der Waals surface area contributed by atoms with E-state index in [0.717, 1.165) is 6.07 Å². The molecule has 0 unspecified atom stereocenters. The minimum atomic E-state index is -0.660. The lowest BCUT2D eigenvalue weighted by atomic mass is 10.2.